The van der Waals surface area contributed by atoms with Gasteiger partial charge in [0.1, 0.15) is 5.75 Å². The van der Waals surface area contributed by atoms with E-state index in [4.69, 9.17) is 4.74 Å². The van der Waals surface area contributed by atoms with Crippen molar-refractivity contribution in [2.24, 2.45) is 0 Å². The maximum atomic E-state index is 12.5. The predicted octanol–water partition coefficient (Wildman–Crippen LogP) is 4.85. The van der Waals surface area contributed by atoms with Gasteiger partial charge in [-0.25, -0.2) is 0 Å². The molecule has 1 heterocycles. The lowest BCUT2D eigenvalue weighted by atomic mass is 10.2. The molecule has 3 aromatic rings. The minimum atomic E-state index is -0.239. The molecule has 1 aromatic heterocycles. The molecule has 0 radical (unpaired) electrons. The molecular weight excluding hydrogens is 382 g/mol. The van der Waals surface area contributed by atoms with Crippen LogP contribution in [0.3, 0.4) is 0 Å². The Bertz CT molecular complexity index is 899. The molecule has 126 valence electrons. The van der Waals surface area contributed by atoms with Gasteiger partial charge in [-0.2, -0.15) is 0 Å². The SMILES string of the molecule is COc1cccc(NC(=O)c2cncc(Nc3ccccc3Br)c2)c1. The monoisotopic (exact) mass is 397 g/mol. The molecule has 0 fully saturated rings. The van der Waals surface area contributed by atoms with Gasteiger partial charge in [0.15, 0.2) is 0 Å². The number of ether oxygens (including phenoxy) is 1. The van der Waals surface area contributed by atoms with Gasteiger partial charge in [0.2, 0.25) is 0 Å². The number of aromatic nitrogens is 1. The summed E-state index contributed by atoms with van der Waals surface area (Å²) in [5.74, 6) is 0.441. The molecule has 2 N–H and O–H groups in total. The van der Waals surface area contributed by atoms with Crippen molar-refractivity contribution < 1.29 is 9.53 Å². The maximum Gasteiger partial charge on any atom is 0.257 e. The minimum Gasteiger partial charge on any atom is -0.497 e. The average Bonchev–Trinajstić information content (AvgIpc) is 2.64. The summed E-state index contributed by atoms with van der Waals surface area (Å²) in [7, 11) is 1.59. The first-order valence-corrected chi connectivity index (χ1v) is 8.37. The number of methoxy groups -OCH3 is 1. The number of amides is 1. The molecule has 25 heavy (non-hydrogen) atoms. The van der Waals surface area contributed by atoms with E-state index < -0.39 is 0 Å². The number of rotatable bonds is 5. The topological polar surface area (TPSA) is 63.2 Å². The van der Waals surface area contributed by atoms with E-state index in [0.29, 0.717) is 17.0 Å². The van der Waals surface area contributed by atoms with E-state index in [2.05, 4.69) is 31.5 Å². The molecule has 0 aliphatic rings. The van der Waals surface area contributed by atoms with Crippen molar-refractivity contribution in [2.75, 3.05) is 17.7 Å². The Balaban J connectivity index is 1.76. The van der Waals surface area contributed by atoms with Gasteiger partial charge in [0.25, 0.3) is 5.91 Å². The van der Waals surface area contributed by atoms with Crippen molar-refractivity contribution in [3.05, 3.63) is 77.0 Å². The highest BCUT2D eigenvalue weighted by Gasteiger charge is 2.09. The van der Waals surface area contributed by atoms with Crippen LogP contribution in [0.2, 0.25) is 0 Å². The third-order valence-corrected chi connectivity index (χ3v) is 4.17. The summed E-state index contributed by atoms with van der Waals surface area (Å²) in [5, 5.41) is 6.08. The second-order valence-electron chi connectivity index (χ2n) is 5.25. The quantitative estimate of drug-likeness (QED) is 0.645. The Morgan fingerprint density at radius 2 is 1.88 bits per heavy atom. The molecule has 5 nitrogen and oxygen atoms in total. The van der Waals surface area contributed by atoms with Crippen molar-refractivity contribution in [3.63, 3.8) is 0 Å². The first-order valence-electron chi connectivity index (χ1n) is 7.58. The average molecular weight is 398 g/mol. The number of pyridine rings is 1. The summed E-state index contributed by atoms with van der Waals surface area (Å²) in [5.41, 5.74) is 2.74. The second kappa shape index (κ2) is 7.81. The Hall–Kier alpha value is -2.86. The van der Waals surface area contributed by atoms with Crippen LogP contribution in [-0.2, 0) is 0 Å². The molecule has 0 aliphatic carbocycles. The van der Waals surface area contributed by atoms with E-state index in [-0.39, 0.29) is 5.91 Å². The van der Waals surface area contributed by atoms with E-state index in [1.165, 1.54) is 6.20 Å². The van der Waals surface area contributed by atoms with Crippen LogP contribution in [0.5, 0.6) is 5.75 Å². The Kier molecular flexibility index (Phi) is 5.30. The fraction of sp³-hybridized carbons (Fsp3) is 0.0526. The van der Waals surface area contributed by atoms with Crippen LogP contribution in [-0.4, -0.2) is 18.0 Å². The van der Waals surface area contributed by atoms with Gasteiger partial charge >= 0.3 is 0 Å². The smallest absolute Gasteiger partial charge is 0.257 e. The fourth-order valence-electron chi connectivity index (χ4n) is 2.25. The van der Waals surface area contributed by atoms with Gasteiger partial charge in [-0.05, 0) is 46.3 Å². The lowest BCUT2D eigenvalue weighted by Crippen LogP contribution is -2.12. The van der Waals surface area contributed by atoms with E-state index in [1.807, 2.05) is 36.4 Å². The Labute approximate surface area is 154 Å². The van der Waals surface area contributed by atoms with Gasteiger partial charge in [0, 0.05) is 22.4 Å². The number of hydrogen-bond donors (Lipinski definition) is 2. The number of hydrogen-bond acceptors (Lipinski definition) is 4. The molecule has 1 amide bonds. The lowest BCUT2D eigenvalue weighted by Gasteiger charge is -2.10. The van der Waals surface area contributed by atoms with Crippen molar-refractivity contribution in [1.82, 2.24) is 4.98 Å². The third kappa shape index (κ3) is 4.36. The number of para-hydroxylation sites is 1. The first kappa shape index (κ1) is 17.0. The first-order chi connectivity index (χ1) is 12.2. The third-order valence-electron chi connectivity index (χ3n) is 3.48. The van der Waals surface area contributed by atoms with Crippen LogP contribution < -0.4 is 15.4 Å². The van der Waals surface area contributed by atoms with Crippen molar-refractivity contribution >= 4 is 38.9 Å². The number of anilines is 3. The summed E-state index contributed by atoms with van der Waals surface area (Å²) in [6, 6.07) is 16.7. The minimum absolute atomic E-state index is 0.239. The van der Waals surface area contributed by atoms with Crippen LogP contribution in [0, 0.1) is 0 Å². The Morgan fingerprint density at radius 3 is 2.68 bits per heavy atom. The van der Waals surface area contributed by atoms with Gasteiger partial charge in [-0.3, -0.25) is 9.78 Å². The van der Waals surface area contributed by atoms with Crippen LogP contribution in [0.15, 0.2) is 71.5 Å². The molecule has 3 rings (SSSR count). The molecular formula is C19H16BrN3O2. The molecule has 0 unspecified atom stereocenters. The number of carbonyl (C=O) groups excluding carboxylic acids is 1. The maximum absolute atomic E-state index is 12.5. The zero-order valence-electron chi connectivity index (χ0n) is 13.5. The summed E-state index contributed by atoms with van der Waals surface area (Å²) in [6.07, 6.45) is 3.20. The van der Waals surface area contributed by atoms with Crippen LogP contribution in [0.4, 0.5) is 17.1 Å². The predicted molar refractivity (Wildman–Crippen MR) is 103 cm³/mol. The molecule has 0 aliphatic heterocycles. The van der Waals surface area contributed by atoms with E-state index in [0.717, 1.165) is 15.8 Å². The molecule has 2 aromatic carbocycles. The van der Waals surface area contributed by atoms with Crippen LogP contribution in [0.1, 0.15) is 10.4 Å². The zero-order chi connectivity index (χ0) is 17.6. The van der Waals surface area contributed by atoms with Gasteiger partial charge in [0.05, 0.1) is 30.2 Å². The number of benzene rings is 2. The normalized spacial score (nSPS) is 10.2. The van der Waals surface area contributed by atoms with Crippen molar-refractivity contribution in [2.45, 2.75) is 0 Å². The molecule has 0 atom stereocenters. The van der Waals surface area contributed by atoms with Crippen molar-refractivity contribution in [3.8, 4) is 5.75 Å². The molecule has 6 heteroatoms. The highest BCUT2D eigenvalue weighted by molar-refractivity contribution is 9.10. The number of nitrogens with zero attached hydrogens (tertiary/aromatic N) is 1. The molecule has 0 saturated heterocycles. The lowest BCUT2D eigenvalue weighted by molar-refractivity contribution is 0.102. The summed E-state index contributed by atoms with van der Waals surface area (Å²) < 4.78 is 6.09. The standard InChI is InChI=1S/C19H16BrN3O2/c1-25-16-6-4-5-14(10-16)23-19(24)13-9-15(12-21-11-13)22-18-8-3-2-7-17(18)20/h2-12,22H,1H3,(H,23,24). The van der Waals surface area contributed by atoms with Crippen LogP contribution in [0.25, 0.3) is 0 Å². The highest BCUT2D eigenvalue weighted by atomic mass is 79.9. The van der Waals surface area contributed by atoms with Gasteiger partial charge in [-0.1, -0.05) is 18.2 Å². The highest BCUT2D eigenvalue weighted by Crippen LogP contribution is 2.25. The molecule has 0 spiro atoms. The van der Waals surface area contributed by atoms with E-state index in [9.17, 15) is 4.79 Å². The summed E-state index contributed by atoms with van der Waals surface area (Å²) >= 11 is 3.48. The fourth-order valence-corrected chi connectivity index (χ4v) is 2.64. The second-order valence-corrected chi connectivity index (χ2v) is 6.11. The molecule has 0 saturated carbocycles. The largest absolute Gasteiger partial charge is 0.497 e. The van der Waals surface area contributed by atoms with Crippen LogP contribution >= 0.6 is 15.9 Å². The summed E-state index contributed by atoms with van der Waals surface area (Å²) in [6.45, 7) is 0. The van der Waals surface area contributed by atoms with Crippen molar-refractivity contribution in [1.29, 1.82) is 0 Å². The summed E-state index contributed by atoms with van der Waals surface area (Å²) in [4.78, 5) is 16.6. The number of halogens is 1. The zero-order valence-corrected chi connectivity index (χ0v) is 15.1. The molecule has 0 bridgehead atoms. The van der Waals surface area contributed by atoms with Gasteiger partial charge in [-0.15, -0.1) is 0 Å². The van der Waals surface area contributed by atoms with E-state index >= 15 is 0 Å². The van der Waals surface area contributed by atoms with E-state index in [1.54, 1.807) is 31.5 Å². The number of carbonyl (C=O) groups is 1. The Morgan fingerprint density at radius 1 is 1.04 bits per heavy atom. The number of nitrogens with one attached hydrogen (secondary N) is 2. The van der Waals surface area contributed by atoms with Gasteiger partial charge < -0.3 is 15.4 Å².